The zero-order valence-electron chi connectivity index (χ0n) is 18.3. The lowest BCUT2D eigenvalue weighted by molar-refractivity contribution is 0.0706. The summed E-state index contributed by atoms with van der Waals surface area (Å²) in [6.45, 7) is 1.23. The minimum Gasteiger partial charge on any atom is -0.337 e. The second-order valence-electron chi connectivity index (χ2n) is 8.22. The predicted molar refractivity (Wildman–Crippen MR) is 125 cm³/mol. The standard InChI is InChI=1S/C25H24N6O2/c1-30(18-7-3-2-4-8-18)24(32)22-15-21(28-29-22)17-11-13-31(14-12-17)25(33)23-16-26-19-9-5-6-10-20(19)27-23/h2-10,15-17H,11-14H2,1H3,(H,28,29). The number of aromatic nitrogens is 4. The first-order chi connectivity index (χ1) is 16.1. The van der Waals surface area contributed by atoms with Crippen LogP contribution in [0.3, 0.4) is 0 Å². The molecule has 0 radical (unpaired) electrons. The third-order valence-electron chi connectivity index (χ3n) is 6.15. The second-order valence-corrected chi connectivity index (χ2v) is 8.22. The number of H-pyrrole nitrogens is 1. The van der Waals surface area contributed by atoms with Crippen LogP contribution in [0.25, 0.3) is 11.0 Å². The molecule has 0 bridgehead atoms. The Labute approximate surface area is 191 Å². The zero-order chi connectivity index (χ0) is 22.8. The van der Waals surface area contributed by atoms with Crippen molar-refractivity contribution in [2.75, 3.05) is 25.0 Å². The van der Waals surface area contributed by atoms with Crippen molar-refractivity contribution < 1.29 is 9.59 Å². The molecule has 1 aliphatic heterocycles. The van der Waals surface area contributed by atoms with Gasteiger partial charge in [0.05, 0.1) is 17.2 Å². The molecular weight excluding hydrogens is 416 g/mol. The number of likely N-dealkylation sites (tertiary alicyclic amines) is 1. The number of anilines is 1. The summed E-state index contributed by atoms with van der Waals surface area (Å²) in [5.41, 5.74) is 3.99. The Kier molecular flexibility index (Phi) is 5.56. The number of carbonyl (C=O) groups is 2. The highest BCUT2D eigenvalue weighted by atomic mass is 16.2. The van der Waals surface area contributed by atoms with Crippen LogP contribution in [0.15, 0.2) is 66.9 Å². The smallest absolute Gasteiger partial charge is 0.278 e. The van der Waals surface area contributed by atoms with Crippen molar-refractivity contribution in [2.24, 2.45) is 0 Å². The quantitative estimate of drug-likeness (QED) is 0.523. The molecule has 0 atom stereocenters. The van der Waals surface area contributed by atoms with Gasteiger partial charge in [-0.05, 0) is 43.2 Å². The van der Waals surface area contributed by atoms with Crippen LogP contribution in [-0.2, 0) is 0 Å². The first kappa shape index (κ1) is 20.8. The van der Waals surface area contributed by atoms with Gasteiger partial charge in [0.15, 0.2) is 5.69 Å². The van der Waals surface area contributed by atoms with Gasteiger partial charge in [0, 0.05) is 37.4 Å². The third kappa shape index (κ3) is 4.19. The van der Waals surface area contributed by atoms with E-state index in [0.717, 1.165) is 29.7 Å². The molecular formula is C25H24N6O2. The van der Waals surface area contributed by atoms with Crippen molar-refractivity contribution >= 4 is 28.5 Å². The van der Waals surface area contributed by atoms with Gasteiger partial charge in [0.25, 0.3) is 11.8 Å². The highest BCUT2D eigenvalue weighted by Crippen LogP contribution is 2.28. The number of fused-ring (bicyclic) bond motifs is 1. The van der Waals surface area contributed by atoms with Crippen LogP contribution in [0, 0.1) is 0 Å². The van der Waals surface area contributed by atoms with Gasteiger partial charge in [-0.3, -0.25) is 19.7 Å². The minimum absolute atomic E-state index is 0.100. The second kappa shape index (κ2) is 8.82. The molecule has 0 aliphatic carbocycles. The highest BCUT2D eigenvalue weighted by molar-refractivity contribution is 6.04. The van der Waals surface area contributed by atoms with Gasteiger partial charge >= 0.3 is 0 Å². The van der Waals surface area contributed by atoms with Gasteiger partial charge in [-0.2, -0.15) is 5.10 Å². The maximum absolute atomic E-state index is 12.9. The van der Waals surface area contributed by atoms with Crippen LogP contribution >= 0.6 is 0 Å². The Morgan fingerprint density at radius 1 is 0.970 bits per heavy atom. The van der Waals surface area contributed by atoms with Crippen molar-refractivity contribution in [3.8, 4) is 0 Å². The first-order valence-electron chi connectivity index (χ1n) is 11.0. The number of benzene rings is 2. The topological polar surface area (TPSA) is 95.1 Å². The maximum Gasteiger partial charge on any atom is 0.278 e. The SMILES string of the molecule is CN(C(=O)c1cc(C2CCN(C(=O)c3cnc4ccccc4n3)CC2)[nH]n1)c1ccccc1. The van der Waals surface area contributed by atoms with E-state index in [1.54, 1.807) is 18.1 Å². The monoisotopic (exact) mass is 440 g/mol. The van der Waals surface area contributed by atoms with Gasteiger partial charge in [0.1, 0.15) is 5.69 Å². The van der Waals surface area contributed by atoms with E-state index >= 15 is 0 Å². The highest BCUT2D eigenvalue weighted by Gasteiger charge is 2.27. The molecule has 0 spiro atoms. The van der Waals surface area contributed by atoms with E-state index in [-0.39, 0.29) is 17.7 Å². The number of amides is 2. The van der Waals surface area contributed by atoms with E-state index in [1.807, 2.05) is 65.6 Å². The lowest BCUT2D eigenvalue weighted by atomic mass is 9.93. The van der Waals surface area contributed by atoms with E-state index in [9.17, 15) is 9.59 Å². The molecule has 1 saturated heterocycles. The summed E-state index contributed by atoms with van der Waals surface area (Å²) < 4.78 is 0. The molecule has 5 rings (SSSR count). The molecule has 8 heteroatoms. The van der Waals surface area contributed by atoms with Crippen molar-refractivity contribution in [2.45, 2.75) is 18.8 Å². The summed E-state index contributed by atoms with van der Waals surface area (Å²) in [6.07, 6.45) is 3.13. The molecule has 3 heterocycles. The molecule has 2 amide bonds. The normalized spacial score (nSPS) is 14.4. The van der Waals surface area contributed by atoms with Crippen LogP contribution in [0.2, 0.25) is 0 Å². The number of carbonyl (C=O) groups excluding carboxylic acids is 2. The number of hydrogen-bond acceptors (Lipinski definition) is 5. The molecule has 2 aromatic carbocycles. The number of piperidine rings is 1. The molecule has 1 aliphatic rings. The van der Waals surface area contributed by atoms with Gasteiger partial charge in [-0.1, -0.05) is 30.3 Å². The number of rotatable bonds is 4. The fourth-order valence-corrected chi connectivity index (χ4v) is 4.21. The number of hydrogen-bond donors (Lipinski definition) is 1. The molecule has 4 aromatic rings. The predicted octanol–water partition coefficient (Wildman–Crippen LogP) is 3.65. The summed E-state index contributed by atoms with van der Waals surface area (Å²) in [6, 6.07) is 18.8. The molecule has 33 heavy (non-hydrogen) atoms. The van der Waals surface area contributed by atoms with Crippen molar-refractivity contribution in [3.63, 3.8) is 0 Å². The number of para-hydroxylation sites is 3. The molecule has 8 nitrogen and oxygen atoms in total. The van der Waals surface area contributed by atoms with Crippen molar-refractivity contribution in [3.05, 3.63) is 83.9 Å². The van der Waals surface area contributed by atoms with E-state index < -0.39 is 0 Å². The van der Waals surface area contributed by atoms with Crippen LogP contribution in [0.5, 0.6) is 0 Å². The first-order valence-corrected chi connectivity index (χ1v) is 11.0. The summed E-state index contributed by atoms with van der Waals surface area (Å²) >= 11 is 0. The Morgan fingerprint density at radius 3 is 2.42 bits per heavy atom. The molecule has 2 aromatic heterocycles. The van der Waals surface area contributed by atoms with Gasteiger partial charge < -0.3 is 9.80 Å². The van der Waals surface area contributed by atoms with Crippen molar-refractivity contribution in [1.82, 2.24) is 25.1 Å². The van der Waals surface area contributed by atoms with Crippen molar-refractivity contribution in [1.29, 1.82) is 0 Å². The Balaban J connectivity index is 1.22. The zero-order valence-corrected chi connectivity index (χ0v) is 18.3. The van der Waals surface area contributed by atoms with Gasteiger partial charge in [-0.15, -0.1) is 0 Å². The third-order valence-corrected chi connectivity index (χ3v) is 6.15. The number of nitrogens with one attached hydrogen (secondary N) is 1. The molecule has 1 N–H and O–H groups in total. The molecule has 166 valence electrons. The van der Waals surface area contributed by atoms with E-state index in [0.29, 0.717) is 30.0 Å². The largest absolute Gasteiger partial charge is 0.337 e. The molecule has 0 saturated carbocycles. The van der Waals surface area contributed by atoms with Gasteiger partial charge in [-0.25, -0.2) is 4.98 Å². The Bertz CT molecular complexity index is 1290. The molecule has 0 unspecified atom stereocenters. The van der Waals surface area contributed by atoms with Crippen LogP contribution < -0.4 is 4.90 Å². The van der Waals surface area contributed by atoms with E-state index in [1.165, 1.54) is 0 Å². The lowest BCUT2D eigenvalue weighted by Gasteiger charge is -2.31. The fraction of sp³-hybridized carbons (Fsp3) is 0.240. The van der Waals surface area contributed by atoms with Crippen LogP contribution in [-0.4, -0.2) is 57.0 Å². The van der Waals surface area contributed by atoms with Crippen LogP contribution in [0.4, 0.5) is 5.69 Å². The summed E-state index contributed by atoms with van der Waals surface area (Å²) in [7, 11) is 1.74. The summed E-state index contributed by atoms with van der Waals surface area (Å²) in [5.74, 6) is -0.0457. The summed E-state index contributed by atoms with van der Waals surface area (Å²) in [5, 5.41) is 7.29. The number of aromatic amines is 1. The lowest BCUT2D eigenvalue weighted by Crippen LogP contribution is -2.38. The molecule has 1 fully saturated rings. The minimum atomic E-state index is -0.161. The van der Waals surface area contributed by atoms with Crippen LogP contribution in [0.1, 0.15) is 45.4 Å². The maximum atomic E-state index is 12.9. The Morgan fingerprint density at radius 2 is 1.67 bits per heavy atom. The van der Waals surface area contributed by atoms with E-state index in [2.05, 4.69) is 20.2 Å². The number of nitrogens with zero attached hydrogens (tertiary/aromatic N) is 5. The van der Waals surface area contributed by atoms with E-state index in [4.69, 9.17) is 0 Å². The average molecular weight is 441 g/mol. The van der Waals surface area contributed by atoms with Gasteiger partial charge in [0.2, 0.25) is 0 Å². The summed E-state index contributed by atoms with van der Waals surface area (Å²) in [4.78, 5) is 38.0. The fourth-order valence-electron chi connectivity index (χ4n) is 4.21. The average Bonchev–Trinajstić information content (AvgIpc) is 3.38. The Hall–Kier alpha value is -4.07.